The fourth-order valence-electron chi connectivity index (χ4n) is 3.30. The quantitative estimate of drug-likeness (QED) is 0.756. The molecule has 0 bridgehead atoms. The number of benzene rings is 2. The van der Waals surface area contributed by atoms with E-state index in [1.807, 2.05) is 18.2 Å². The molecule has 2 N–H and O–H groups in total. The zero-order valence-corrected chi connectivity index (χ0v) is 16.2. The molecule has 2 aromatic rings. The Bertz CT molecular complexity index is 736. The van der Waals surface area contributed by atoms with E-state index in [4.69, 9.17) is 11.6 Å². The molecule has 138 valence electrons. The molecule has 0 aromatic heterocycles. The highest BCUT2D eigenvalue weighted by Crippen LogP contribution is 2.21. The molecule has 1 amide bonds. The van der Waals surface area contributed by atoms with Crippen molar-refractivity contribution in [2.45, 2.75) is 57.7 Å². The molecular weight excluding hydrogens is 344 g/mol. The Morgan fingerprint density at radius 2 is 1.81 bits per heavy atom. The van der Waals surface area contributed by atoms with E-state index in [1.165, 1.54) is 11.1 Å². The van der Waals surface area contributed by atoms with Crippen molar-refractivity contribution in [1.82, 2.24) is 10.6 Å². The number of hydrogen-bond donors (Lipinski definition) is 2. The standard InChI is InChI=1S/C22H27ClN2O/c1-15(2)18-8-6-16(7-9-18)11-22(26)25-21-12-20(13-21)24-14-17-4-3-5-19(23)10-17/h3-10,15,20-21,24H,11-14H2,1-2H3,(H,25,26). The third kappa shape index (κ3) is 5.33. The van der Waals surface area contributed by atoms with Gasteiger partial charge in [-0.05, 0) is 47.6 Å². The van der Waals surface area contributed by atoms with E-state index in [0.717, 1.165) is 30.0 Å². The highest BCUT2D eigenvalue weighted by atomic mass is 35.5. The van der Waals surface area contributed by atoms with Crippen LogP contribution in [0.3, 0.4) is 0 Å². The molecule has 26 heavy (non-hydrogen) atoms. The number of nitrogens with one attached hydrogen (secondary N) is 2. The molecule has 0 aliphatic heterocycles. The Morgan fingerprint density at radius 1 is 1.08 bits per heavy atom. The van der Waals surface area contributed by atoms with E-state index >= 15 is 0 Å². The molecule has 0 radical (unpaired) electrons. The zero-order valence-electron chi connectivity index (χ0n) is 15.5. The van der Waals surface area contributed by atoms with Gasteiger partial charge in [-0.1, -0.05) is 61.8 Å². The van der Waals surface area contributed by atoms with Crippen LogP contribution in [0.1, 0.15) is 49.3 Å². The molecule has 0 spiro atoms. The number of carbonyl (C=O) groups is 1. The molecule has 1 aliphatic carbocycles. The Hall–Kier alpha value is -1.84. The van der Waals surface area contributed by atoms with Crippen LogP contribution in [-0.4, -0.2) is 18.0 Å². The van der Waals surface area contributed by atoms with Crippen molar-refractivity contribution in [3.05, 3.63) is 70.2 Å². The second kappa shape index (κ2) is 8.70. The van der Waals surface area contributed by atoms with Crippen molar-refractivity contribution in [2.75, 3.05) is 0 Å². The van der Waals surface area contributed by atoms with Crippen LogP contribution in [0.25, 0.3) is 0 Å². The largest absolute Gasteiger partial charge is 0.353 e. The van der Waals surface area contributed by atoms with Crippen molar-refractivity contribution in [1.29, 1.82) is 0 Å². The van der Waals surface area contributed by atoms with Crippen LogP contribution in [0.4, 0.5) is 0 Å². The van der Waals surface area contributed by atoms with Crippen LogP contribution >= 0.6 is 11.6 Å². The van der Waals surface area contributed by atoms with Gasteiger partial charge in [0.05, 0.1) is 6.42 Å². The molecule has 1 aliphatic rings. The summed E-state index contributed by atoms with van der Waals surface area (Å²) in [4.78, 5) is 12.2. The second-order valence-corrected chi connectivity index (χ2v) is 7.95. The minimum absolute atomic E-state index is 0.112. The van der Waals surface area contributed by atoms with Gasteiger partial charge in [-0.2, -0.15) is 0 Å². The van der Waals surface area contributed by atoms with E-state index in [0.29, 0.717) is 18.4 Å². The SMILES string of the molecule is CC(C)c1ccc(CC(=O)NC2CC(NCc3cccc(Cl)c3)C2)cc1. The fourth-order valence-corrected chi connectivity index (χ4v) is 3.51. The van der Waals surface area contributed by atoms with E-state index in [9.17, 15) is 4.79 Å². The van der Waals surface area contributed by atoms with E-state index < -0.39 is 0 Å². The Labute approximate surface area is 161 Å². The third-order valence-corrected chi connectivity index (χ3v) is 5.23. The van der Waals surface area contributed by atoms with Crippen molar-refractivity contribution in [2.24, 2.45) is 0 Å². The molecule has 1 saturated carbocycles. The molecule has 4 heteroatoms. The van der Waals surface area contributed by atoms with Crippen LogP contribution < -0.4 is 10.6 Å². The lowest BCUT2D eigenvalue weighted by atomic mass is 9.86. The zero-order chi connectivity index (χ0) is 18.5. The van der Waals surface area contributed by atoms with Gasteiger partial charge in [-0.25, -0.2) is 0 Å². The normalized spacial score (nSPS) is 19.2. The number of hydrogen-bond acceptors (Lipinski definition) is 2. The van der Waals surface area contributed by atoms with Gasteiger partial charge in [0, 0.05) is 23.7 Å². The minimum atomic E-state index is 0.112. The maximum atomic E-state index is 12.2. The molecule has 0 atom stereocenters. The fraction of sp³-hybridized carbons (Fsp3) is 0.409. The maximum Gasteiger partial charge on any atom is 0.224 e. The predicted octanol–water partition coefficient (Wildman–Crippen LogP) is 4.44. The van der Waals surface area contributed by atoms with Gasteiger partial charge in [-0.3, -0.25) is 4.79 Å². The molecule has 0 unspecified atom stereocenters. The van der Waals surface area contributed by atoms with Crippen LogP contribution in [-0.2, 0) is 17.8 Å². The monoisotopic (exact) mass is 370 g/mol. The van der Waals surface area contributed by atoms with Crippen LogP contribution in [0.5, 0.6) is 0 Å². The summed E-state index contributed by atoms with van der Waals surface area (Å²) in [5.41, 5.74) is 3.57. The molecular formula is C22H27ClN2O. The number of halogens is 1. The summed E-state index contributed by atoms with van der Waals surface area (Å²) in [5.74, 6) is 0.629. The molecule has 3 rings (SSSR count). The molecule has 0 saturated heterocycles. The summed E-state index contributed by atoms with van der Waals surface area (Å²) < 4.78 is 0. The first kappa shape index (κ1) is 18.9. The smallest absolute Gasteiger partial charge is 0.224 e. The Balaban J connectivity index is 1.36. The number of amides is 1. The van der Waals surface area contributed by atoms with Gasteiger partial charge in [-0.15, -0.1) is 0 Å². The molecule has 2 aromatic carbocycles. The summed E-state index contributed by atoms with van der Waals surface area (Å²) in [5, 5.41) is 7.43. The topological polar surface area (TPSA) is 41.1 Å². The van der Waals surface area contributed by atoms with Gasteiger partial charge >= 0.3 is 0 Å². The lowest BCUT2D eigenvalue weighted by molar-refractivity contribution is -0.121. The average Bonchev–Trinajstić information content (AvgIpc) is 2.57. The number of rotatable bonds is 7. The predicted molar refractivity (Wildman–Crippen MR) is 107 cm³/mol. The Kier molecular flexibility index (Phi) is 6.33. The minimum Gasteiger partial charge on any atom is -0.353 e. The van der Waals surface area contributed by atoms with E-state index in [1.54, 1.807) is 0 Å². The van der Waals surface area contributed by atoms with E-state index in [2.05, 4.69) is 54.8 Å². The van der Waals surface area contributed by atoms with Gasteiger partial charge in [0.15, 0.2) is 0 Å². The summed E-state index contributed by atoms with van der Waals surface area (Å²) in [6.07, 6.45) is 2.42. The van der Waals surface area contributed by atoms with Crippen molar-refractivity contribution >= 4 is 17.5 Å². The lowest BCUT2D eigenvalue weighted by Crippen LogP contribution is -2.52. The maximum absolute atomic E-state index is 12.2. The first-order valence-electron chi connectivity index (χ1n) is 9.35. The van der Waals surface area contributed by atoms with Crippen LogP contribution in [0.15, 0.2) is 48.5 Å². The second-order valence-electron chi connectivity index (χ2n) is 7.52. The first-order chi connectivity index (χ1) is 12.5. The number of carbonyl (C=O) groups excluding carboxylic acids is 1. The van der Waals surface area contributed by atoms with Gasteiger partial charge in [0.1, 0.15) is 0 Å². The average molecular weight is 371 g/mol. The van der Waals surface area contributed by atoms with Gasteiger partial charge in [0.25, 0.3) is 0 Å². The summed E-state index contributed by atoms with van der Waals surface area (Å²) in [6, 6.07) is 17.0. The summed E-state index contributed by atoms with van der Waals surface area (Å²) in [6.45, 7) is 5.17. The highest BCUT2D eigenvalue weighted by molar-refractivity contribution is 6.30. The highest BCUT2D eigenvalue weighted by Gasteiger charge is 2.29. The lowest BCUT2D eigenvalue weighted by Gasteiger charge is -2.36. The summed E-state index contributed by atoms with van der Waals surface area (Å²) >= 11 is 6.00. The molecule has 1 fully saturated rings. The van der Waals surface area contributed by atoms with Crippen LogP contribution in [0, 0.1) is 0 Å². The molecule has 3 nitrogen and oxygen atoms in total. The van der Waals surface area contributed by atoms with Crippen molar-refractivity contribution < 1.29 is 4.79 Å². The van der Waals surface area contributed by atoms with Gasteiger partial charge < -0.3 is 10.6 Å². The van der Waals surface area contributed by atoms with Crippen molar-refractivity contribution in [3.63, 3.8) is 0 Å². The Morgan fingerprint density at radius 3 is 2.46 bits per heavy atom. The third-order valence-electron chi connectivity index (χ3n) is 5.00. The van der Waals surface area contributed by atoms with Gasteiger partial charge in [0.2, 0.25) is 5.91 Å². The first-order valence-corrected chi connectivity index (χ1v) is 9.73. The van der Waals surface area contributed by atoms with Crippen molar-refractivity contribution in [3.8, 4) is 0 Å². The van der Waals surface area contributed by atoms with E-state index in [-0.39, 0.29) is 11.9 Å². The van der Waals surface area contributed by atoms with Crippen LogP contribution in [0.2, 0.25) is 5.02 Å². The molecule has 0 heterocycles. The summed E-state index contributed by atoms with van der Waals surface area (Å²) in [7, 11) is 0.